The van der Waals surface area contributed by atoms with Crippen LogP contribution < -0.4 is 0 Å². The van der Waals surface area contributed by atoms with Gasteiger partial charge in [-0.2, -0.15) is 5.10 Å². The first-order valence-corrected chi connectivity index (χ1v) is 12.4. The van der Waals surface area contributed by atoms with Crippen molar-refractivity contribution in [2.45, 2.75) is 65.8 Å². The number of hydrogen-bond acceptors (Lipinski definition) is 8. The number of non-ortho nitro benzene ring substituents is 1. The van der Waals surface area contributed by atoms with E-state index < -0.39 is 28.7 Å². The Morgan fingerprint density at radius 1 is 1.08 bits per heavy atom. The third kappa shape index (κ3) is 6.69. The number of nitrogens with zero attached hydrogens (tertiary/aromatic N) is 4. The lowest BCUT2D eigenvalue weighted by Crippen LogP contribution is -2.36. The number of methoxy groups -OCH3 is 1. The SMILES string of the molecule is COC(=O)C1C(C)=NC(C)=C(C(=O)OCCCCCCn2nc(C)cc2C)C1c1cccc([N+](=O)[O-])c1. The number of benzene rings is 1. The highest BCUT2D eigenvalue weighted by Gasteiger charge is 2.42. The minimum atomic E-state index is -0.896. The summed E-state index contributed by atoms with van der Waals surface area (Å²) in [6.07, 6.45) is 3.53. The van der Waals surface area contributed by atoms with Gasteiger partial charge in [0.15, 0.2) is 0 Å². The number of carbonyl (C=O) groups is 2. The molecule has 2 aromatic rings. The van der Waals surface area contributed by atoms with Crippen molar-refractivity contribution >= 4 is 23.3 Å². The van der Waals surface area contributed by atoms with Crippen molar-refractivity contribution in [3.05, 3.63) is 68.7 Å². The van der Waals surface area contributed by atoms with Gasteiger partial charge < -0.3 is 9.47 Å². The summed E-state index contributed by atoms with van der Waals surface area (Å²) in [4.78, 5) is 41.3. The molecule has 0 amide bonds. The molecule has 1 aliphatic heterocycles. The lowest BCUT2D eigenvalue weighted by molar-refractivity contribution is -0.384. The Hall–Kier alpha value is -3.82. The van der Waals surface area contributed by atoms with Gasteiger partial charge in [-0.1, -0.05) is 18.6 Å². The van der Waals surface area contributed by atoms with E-state index in [9.17, 15) is 19.7 Å². The molecule has 1 aromatic carbocycles. The Morgan fingerprint density at radius 3 is 2.46 bits per heavy atom. The molecule has 37 heavy (non-hydrogen) atoms. The summed E-state index contributed by atoms with van der Waals surface area (Å²) in [6.45, 7) is 8.45. The van der Waals surface area contributed by atoms with E-state index in [4.69, 9.17) is 9.47 Å². The van der Waals surface area contributed by atoms with E-state index >= 15 is 0 Å². The Balaban J connectivity index is 1.68. The molecule has 0 aliphatic carbocycles. The molecule has 0 spiro atoms. The quantitative estimate of drug-likeness (QED) is 0.183. The Bertz CT molecular complexity index is 1230. The molecule has 0 saturated heterocycles. The summed E-state index contributed by atoms with van der Waals surface area (Å²) < 4.78 is 12.6. The van der Waals surface area contributed by atoms with Crippen LogP contribution in [0.3, 0.4) is 0 Å². The van der Waals surface area contributed by atoms with Gasteiger partial charge in [0, 0.05) is 41.7 Å². The second kappa shape index (κ2) is 12.4. The maximum Gasteiger partial charge on any atom is 0.336 e. The third-order valence-corrected chi connectivity index (χ3v) is 6.54. The number of hydrogen-bond donors (Lipinski definition) is 0. The molecule has 1 aromatic heterocycles. The predicted molar refractivity (Wildman–Crippen MR) is 138 cm³/mol. The van der Waals surface area contributed by atoms with Crippen molar-refractivity contribution in [1.82, 2.24) is 9.78 Å². The van der Waals surface area contributed by atoms with Crippen LogP contribution in [0.1, 0.15) is 62.4 Å². The number of unbranched alkanes of at least 4 members (excludes halogenated alkanes) is 3. The molecule has 0 saturated carbocycles. The Kier molecular flexibility index (Phi) is 9.32. The van der Waals surface area contributed by atoms with Crippen molar-refractivity contribution in [3.8, 4) is 0 Å². The predicted octanol–water partition coefficient (Wildman–Crippen LogP) is 4.83. The molecule has 10 nitrogen and oxygen atoms in total. The molecule has 3 rings (SSSR count). The van der Waals surface area contributed by atoms with Gasteiger partial charge in [-0.05, 0) is 58.6 Å². The summed E-state index contributed by atoms with van der Waals surface area (Å²) in [7, 11) is 1.26. The number of rotatable bonds is 11. The van der Waals surface area contributed by atoms with Crippen LogP contribution in [0.2, 0.25) is 0 Å². The lowest BCUT2D eigenvalue weighted by Gasteiger charge is -2.31. The van der Waals surface area contributed by atoms with Gasteiger partial charge in [0.25, 0.3) is 5.69 Å². The number of allylic oxidation sites excluding steroid dienone is 1. The van der Waals surface area contributed by atoms with E-state index in [-0.39, 0.29) is 17.9 Å². The van der Waals surface area contributed by atoms with Crippen LogP contribution in [0.4, 0.5) is 5.69 Å². The largest absolute Gasteiger partial charge is 0.468 e. The van der Waals surface area contributed by atoms with Crippen molar-refractivity contribution in [1.29, 1.82) is 0 Å². The molecule has 2 unspecified atom stereocenters. The average Bonchev–Trinajstić information content (AvgIpc) is 3.18. The number of aryl methyl sites for hydroxylation is 3. The maximum atomic E-state index is 13.2. The third-order valence-electron chi connectivity index (χ3n) is 6.54. The van der Waals surface area contributed by atoms with Gasteiger partial charge in [0.05, 0.1) is 29.9 Å². The molecule has 0 radical (unpaired) electrons. The van der Waals surface area contributed by atoms with Crippen molar-refractivity contribution in [2.75, 3.05) is 13.7 Å². The summed E-state index contributed by atoms with van der Waals surface area (Å²) in [5, 5.41) is 15.8. The molecule has 10 heteroatoms. The standard InChI is InChI=1S/C27H34N4O6/c1-17-15-18(2)30(29-17)13-8-6-7-9-14-37-27(33)24-20(4)28-19(3)23(26(32)36-5)25(24)21-11-10-12-22(16-21)31(34)35/h10-12,15-16,23,25H,6-9,13-14H2,1-5H3. The van der Waals surface area contributed by atoms with E-state index in [1.165, 1.54) is 25.3 Å². The van der Waals surface area contributed by atoms with E-state index in [2.05, 4.69) is 16.2 Å². The minimum absolute atomic E-state index is 0.132. The summed E-state index contributed by atoms with van der Waals surface area (Å²) >= 11 is 0. The van der Waals surface area contributed by atoms with Gasteiger partial charge in [0.1, 0.15) is 5.92 Å². The summed E-state index contributed by atoms with van der Waals surface area (Å²) in [6, 6.07) is 7.99. The first kappa shape index (κ1) is 27.8. The fourth-order valence-electron chi connectivity index (χ4n) is 4.79. The fraction of sp³-hybridized carbons (Fsp3) is 0.481. The zero-order chi connectivity index (χ0) is 27.1. The minimum Gasteiger partial charge on any atom is -0.468 e. The second-order valence-electron chi connectivity index (χ2n) is 9.28. The monoisotopic (exact) mass is 510 g/mol. The second-order valence-corrected chi connectivity index (χ2v) is 9.28. The number of nitro benzene ring substituents is 1. The topological polar surface area (TPSA) is 126 Å². The number of esters is 2. The normalized spacial score (nSPS) is 17.4. The molecule has 2 atom stereocenters. The molecule has 0 bridgehead atoms. The first-order chi connectivity index (χ1) is 17.6. The smallest absolute Gasteiger partial charge is 0.336 e. The van der Waals surface area contributed by atoms with Gasteiger partial charge >= 0.3 is 11.9 Å². The Labute approximate surface area is 216 Å². The van der Waals surface area contributed by atoms with Crippen LogP contribution in [0.15, 0.2) is 46.6 Å². The maximum absolute atomic E-state index is 13.2. The molecular formula is C27H34N4O6. The van der Waals surface area contributed by atoms with Crippen molar-refractivity contribution in [3.63, 3.8) is 0 Å². The molecule has 198 valence electrons. The van der Waals surface area contributed by atoms with Crippen LogP contribution in [0.5, 0.6) is 0 Å². The summed E-state index contributed by atoms with van der Waals surface area (Å²) in [5.41, 5.74) is 3.58. The van der Waals surface area contributed by atoms with Crippen LogP contribution in [-0.4, -0.2) is 46.1 Å². The van der Waals surface area contributed by atoms with E-state index in [0.717, 1.165) is 37.2 Å². The highest BCUT2D eigenvalue weighted by atomic mass is 16.6. The zero-order valence-corrected chi connectivity index (χ0v) is 22.0. The van der Waals surface area contributed by atoms with Crippen molar-refractivity contribution in [2.24, 2.45) is 10.9 Å². The Morgan fingerprint density at radius 2 is 1.81 bits per heavy atom. The number of aliphatic imine (C=N–C) groups is 1. The van der Waals surface area contributed by atoms with Gasteiger partial charge in [-0.25, -0.2) is 4.79 Å². The van der Waals surface area contributed by atoms with Gasteiger partial charge in [0.2, 0.25) is 0 Å². The zero-order valence-electron chi connectivity index (χ0n) is 22.0. The molecular weight excluding hydrogens is 476 g/mol. The lowest BCUT2D eigenvalue weighted by atomic mass is 9.75. The van der Waals surface area contributed by atoms with Crippen LogP contribution >= 0.6 is 0 Å². The molecule has 2 heterocycles. The number of ether oxygens (including phenoxy) is 2. The van der Waals surface area contributed by atoms with E-state index in [1.54, 1.807) is 19.9 Å². The number of carbonyl (C=O) groups excluding carboxylic acids is 2. The number of aromatic nitrogens is 2. The van der Waals surface area contributed by atoms with Gasteiger partial charge in [-0.15, -0.1) is 0 Å². The van der Waals surface area contributed by atoms with E-state index in [0.29, 0.717) is 23.4 Å². The highest BCUT2D eigenvalue weighted by molar-refractivity contribution is 6.07. The van der Waals surface area contributed by atoms with Crippen molar-refractivity contribution < 1.29 is 24.0 Å². The molecule has 0 N–H and O–H groups in total. The van der Waals surface area contributed by atoms with Gasteiger partial charge in [-0.3, -0.25) is 24.6 Å². The molecule has 1 aliphatic rings. The van der Waals surface area contributed by atoms with E-state index in [1.807, 2.05) is 18.5 Å². The first-order valence-electron chi connectivity index (χ1n) is 12.4. The summed E-state index contributed by atoms with van der Waals surface area (Å²) in [5.74, 6) is -2.86. The molecule has 0 fully saturated rings. The van der Waals surface area contributed by atoms with Crippen LogP contribution in [0.25, 0.3) is 0 Å². The number of nitro groups is 1. The average molecular weight is 511 g/mol. The van der Waals surface area contributed by atoms with Crippen LogP contribution in [-0.2, 0) is 25.6 Å². The fourth-order valence-corrected chi connectivity index (χ4v) is 4.79. The van der Waals surface area contributed by atoms with Crippen LogP contribution in [0, 0.1) is 29.9 Å². The highest BCUT2D eigenvalue weighted by Crippen LogP contribution is 2.40.